The molecule has 2 amide bonds. The topological polar surface area (TPSA) is 108 Å². The van der Waals surface area contributed by atoms with Crippen LogP contribution in [0.5, 0.6) is 0 Å². The molecule has 0 saturated carbocycles. The number of nitrogens with one attached hydrogen (secondary N) is 2. The summed E-state index contributed by atoms with van der Waals surface area (Å²) >= 11 is 0. The third kappa shape index (κ3) is 4.07. The van der Waals surface area contributed by atoms with Gasteiger partial charge in [-0.2, -0.15) is 0 Å². The summed E-state index contributed by atoms with van der Waals surface area (Å²) in [6.07, 6.45) is 1.26. The first-order valence-electron chi connectivity index (χ1n) is 9.55. The highest BCUT2D eigenvalue weighted by Crippen LogP contribution is 2.28. The molecule has 2 aliphatic rings. The number of piperidine rings is 1. The van der Waals surface area contributed by atoms with E-state index in [-0.39, 0.29) is 18.4 Å². The Labute approximate surface area is 162 Å². The molecule has 4 rings (SSSR count). The van der Waals surface area contributed by atoms with E-state index in [0.29, 0.717) is 44.7 Å². The van der Waals surface area contributed by atoms with Crippen molar-refractivity contribution in [1.29, 1.82) is 0 Å². The number of nitrogens with zero attached hydrogens (tertiary/aromatic N) is 2. The molecule has 2 fully saturated rings. The number of hydrogen-bond donors (Lipinski definition) is 3. The van der Waals surface area contributed by atoms with Crippen LogP contribution in [0.25, 0.3) is 11.3 Å². The number of aliphatic hydroxyl groups is 1. The lowest BCUT2D eigenvalue weighted by molar-refractivity contribution is -0.141. The number of rotatable bonds is 4. The monoisotopic (exact) mass is 384 g/mol. The number of carbonyl (C=O) groups is 2. The third-order valence-electron chi connectivity index (χ3n) is 5.40. The molecule has 28 heavy (non-hydrogen) atoms. The van der Waals surface area contributed by atoms with Crippen LogP contribution in [-0.2, 0) is 16.0 Å². The van der Waals surface area contributed by atoms with Gasteiger partial charge in [0.25, 0.3) is 0 Å². The highest BCUT2D eigenvalue weighted by atomic mass is 16.5. The van der Waals surface area contributed by atoms with Crippen molar-refractivity contribution in [3.05, 3.63) is 42.2 Å². The van der Waals surface area contributed by atoms with Crippen LogP contribution in [-0.4, -0.2) is 64.8 Å². The molecule has 3 heterocycles. The fourth-order valence-electron chi connectivity index (χ4n) is 3.78. The van der Waals surface area contributed by atoms with E-state index in [9.17, 15) is 14.7 Å². The molecule has 0 spiro atoms. The van der Waals surface area contributed by atoms with Gasteiger partial charge in [0.05, 0.1) is 12.1 Å². The lowest BCUT2D eigenvalue weighted by Crippen LogP contribution is -2.60. The molecule has 2 aromatic rings. The van der Waals surface area contributed by atoms with Crippen molar-refractivity contribution in [1.82, 2.24) is 20.7 Å². The van der Waals surface area contributed by atoms with Crippen LogP contribution in [0, 0.1) is 0 Å². The zero-order valence-electron chi connectivity index (χ0n) is 15.6. The van der Waals surface area contributed by atoms with Crippen molar-refractivity contribution < 1.29 is 19.2 Å². The Morgan fingerprint density at radius 2 is 2.04 bits per heavy atom. The largest absolute Gasteiger partial charge is 0.389 e. The highest BCUT2D eigenvalue weighted by molar-refractivity contribution is 5.89. The Hall–Kier alpha value is -2.71. The Bertz CT molecular complexity index is 843. The van der Waals surface area contributed by atoms with E-state index < -0.39 is 11.6 Å². The predicted octanol–water partition coefficient (Wildman–Crippen LogP) is 0.326. The molecular weight excluding hydrogens is 360 g/mol. The van der Waals surface area contributed by atoms with Crippen LogP contribution in [0.4, 0.5) is 0 Å². The Morgan fingerprint density at radius 3 is 2.75 bits per heavy atom. The quantitative estimate of drug-likeness (QED) is 0.701. The second-order valence-corrected chi connectivity index (χ2v) is 7.52. The number of likely N-dealkylation sites (tertiary alicyclic amines) is 1. The first-order chi connectivity index (χ1) is 13.5. The number of hydrogen-bond acceptors (Lipinski definition) is 6. The van der Waals surface area contributed by atoms with Gasteiger partial charge in [0.1, 0.15) is 17.5 Å². The average molecular weight is 384 g/mol. The number of piperazine rings is 1. The van der Waals surface area contributed by atoms with Crippen molar-refractivity contribution in [2.45, 2.75) is 30.9 Å². The maximum Gasteiger partial charge on any atom is 0.246 e. The van der Waals surface area contributed by atoms with Crippen molar-refractivity contribution >= 4 is 11.8 Å². The summed E-state index contributed by atoms with van der Waals surface area (Å²) in [5.74, 6) is 0.358. The van der Waals surface area contributed by atoms with E-state index in [1.54, 1.807) is 4.90 Å². The second kappa shape index (κ2) is 7.73. The summed E-state index contributed by atoms with van der Waals surface area (Å²) in [6, 6.07) is 11.1. The lowest BCUT2D eigenvalue weighted by Gasteiger charge is -2.39. The second-order valence-electron chi connectivity index (χ2n) is 7.52. The van der Waals surface area contributed by atoms with Gasteiger partial charge in [-0.3, -0.25) is 9.59 Å². The van der Waals surface area contributed by atoms with Gasteiger partial charge >= 0.3 is 0 Å². The summed E-state index contributed by atoms with van der Waals surface area (Å²) in [5, 5.41) is 20.7. The number of carbonyl (C=O) groups excluding carboxylic acids is 2. The molecule has 0 bridgehead atoms. The highest BCUT2D eigenvalue weighted by Gasteiger charge is 2.37. The fraction of sp³-hybridized carbons (Fsp3) is 0.450. The fourth-order valence-corrected chi connectivity index (χ4v) is 3.78. The number of aromatic nitrogens is 1. The molecule has 2 aliphatic heterocycles. The first-order valence-corrected chi connectivity index (χ1v) is 9.55. The van der Waals surface area contributed by atoms with Gasteiger partial charge in [-0.1, -0.05) is 35.5 Å². The Balaban J connectivity index is 1.34. The first kappa shape index (κ1) is 18.6. The van der Waals surface area contributed by atoms with Crippen molar-refractivity contribution in [3.8, 4) is 11.3 Å². The van der Waals surface area contributed by atoms with E-state index >= 15 is 0 Å². The zero-order valence-corrected chi connectivity index (χ0v) is 15.6. The maximum atomic E-state index is 12.6. The Kier molecular flexibility index (Phi) is 5.15. The molecule has 3 N–H and O–H groups in total. The standard InChI is InChI=1S/C20H24N4O4/c25-18-13-21-12-17(22-18)19(26)24-8-6-20(27,7-9-24)11-15-10-16(23-28-15)14-4-2-1-3-5-14/h1-5,10,17,21,27H,6-9,11-13H2,(H,22,25). The van der Waals surface area contributed by atoms with Gasteiger partial charge in [0.2, 0.25) is 11.8 Å². The normalized spacial score (nSPS) is 22.0. The van der Waals surface area contributed by atoms with Crippen molar-refractivity contribution in [2.24, 2.45) is 0 Å². The molecular formula is C20H24N4O4. The maximum absolute atomic E-state index is 12.6. The summed E-state index contributed by atoms with van der Waals surface area (Å²) in [6.45, 7) is 1.57. The summed E-state index contributed by atoms with van der Waals surface area (Å²) in [7, 11) is 0. The van der Waals surface area contributed by atoms with E-state index in [2.05, 4.69) is 15.8 Å². The molecule has 148 valence electrons. The third-order valence-corrected chi connectivity index (χ3v) is 5.40. The van der Waals surface area contributed by atoms with Crippen LogP contribution in [0.1, 0.15) is 18.6 Å². The summed E-state index contributed by atoms with van der Waals surface area (Å²) in [4.78, 5) is 25.8. The SMILES string of the molecule is O=C1CNCC(C(=O)N2CCC(O)(Cc3cc(-c4ccccc4)no3)CC2)N1. The van der Waals surface area contributed by atoms with Gasteiger partial charge in [0.15, 0.2) is 0 Å². The minimum atomic E-state index is -0.932. The molecule has 2 saturated heterocycles. The van der Waals surface area contributed by atoms with Gasteiger partial charge in [-0.15, -0.1) is 0 Å². The molecule has 0 aliphatic carbocycles. The number of amides is 2. The lowest BCUT2D eigenvalue weighted by atomic mass is 9.87. The van der Waals surface area contributed by atoms with E-state index in [0.717, 1.165) is 11.3 Å². The van der Waals surface area contributed by atoms with Gasteiger partial charge in [0, 0.05) is 37.7 Å². The van der Waals surface area contributed by atoms with Crippen molar-refractivity contribution in [3.63, 3.8) is 0 Å². The van der Waals surface area contributed by atoms with Gasteiger partial charge in [-0.05, 0) is 12.8 Å². The van der Waals surface area contributed by atoms with Gasteiger partial charge in [-0.25, -0.2) is 0 Å². The van der Waals surface area contributed by atoms with Crippen LogP contribution >= 0.6 is 0 Å². The average Bonchev–Trinajstić information content (AvgIpc) is 3.16. The molecule has 8 heteroatoms. The van der Waals surface area contributed by atoms with Crippen LogP contribution in [0.3, 0.4) is 0 Å². The van der Waals surface area contributed by atoms with Crippen LogP contribution in [0.2, 0.25) is 0 Å². The Morgan fingerprint density at radius 1 is 1.29 bits per heavy atom. The molecule has 1 aromatic carbocycles. The minimum Gasteiger partial charge on any atom is -0.389 e. The zero-order chi connectivity index (χ0) is 19.6. The van der Waals surface area contributed by atoms with Crippen LogP contribution < -0.4 is 10.6 Å². The minimum absolute atomic E-state index is 0.103. The summed E-state index contributed by atoms with van der Waals surface area (Å²) in [5.41, 5.74) is 0.776. The molecule has 1 atom stereocenters. The van der Waals surface area contributed by atoms with Crippen molar-refractivity contribution in [2.75, 3.05) is 26.2 Å². The summed E-state index contributed by atoms with van der Waals surface area (Å²) < 4.78 is 5.42. The molecule has 1 unspecified atom stereocenters. The van der Waals surface area contributed by atoms with Gasteiger partial charge < -0.3 is 25.2 Å². The van der Waals surface area contributed by atoms with E-state index in [1.165, 1.54) is 0 Å². The smallest absolute Gasteiger partial charge is 0.246 e. The number of benzene rings is 1. The van der Waals surface area contributed by atoms with E-state index in [1.807, 2.05) is 36.4 Å². The molecule has 0 radical (unpaired) electrons. The molecule has 8 nitrogen and oxygen atoms in total. The van der Waals surface area contributed by atoms with E-state index in [4.69, 9.17) is 4.52 Å². The van der Waals surface area contributed by atoms with Crippen LogP contribution in [0.15, 0.2) is 40.9 Å². The molecule has 1 aromatic heterocycles. The predicted molar refractivity (Wildman–Crippen MR) is 101 cm³/mol.